The normalized spacial score (nSPS) is 15.1. The number of piperazine rings is 1. The molecule has 0 spiro atoms. The molecule has 1 aromatic heterocycles. The topological polar surface area (TPSA) is 68.7 Å². The highest BCUT2D eigenvalue weighted by Gasteiger charge is 2.24. The third-order valence-corrected chi connectivity index (χ3v) is 5.38. The number of hydrogen-bond acceptors (Lipinski definition) is 5. The van der Waals surface area contributed by atoms with E-state index in [2.05, 4.69) is 26.9 Å². The van der Waals surface area contributed by atoms with Gasteiger partial charge in [-0.3, -0.25) is 15.0 Å². The van der Waals surface area contributed by atoms with Crippen molar-refractivity contribution in [2.45, 2.75) is 5.92 Å². The van der Waals surface area contributed by atoms with Crippen molar-refractivity contribution in [1.82, 2.24) is 10.5 Å². The second kappa shape index (κ2) is 8.75. The molecule has 148 valence electrons. The van der Waals surface area contributed by atoms with Crippen LogP contribution in [0.25, 0.3) is 0 Å². The van der Waals surface area contributed by atoms with Crippen LogP contribution in [0.1, 0.15) is 17.0 Å². The number of hydrogen-bond donors (Lipinski definition) is 2. The van der Waals surface area contributed by atoms with E-state index >= 15 is 0 Å². The lowest BCUT2D eigenvalue weighted by Crippen LogP contribution is -2.46. The summed E-state index contributed by atoms with van der Waals surface area (Å²) < 4.78 is 0. The zero-order valence-electron chi connectivity index (χ0n) is 16.1. The summed E-state index contributed by atoms with van der Waals surface area (Å²) in [6.45, 7) is 3.64. The molecule has 4 rings (SSSR count). The Labute approximate surface area is 170 Å². The van der Waals surface area contributed by atoms with Crippen LogP contribution in [-0.4, -0.2) is 42.3 Å². The zero-order valence-corrected chi connectivity index (χ0v) is 16.1. The Bertz CT molecular complexity index is 941. The maximum absolute atomic E-state index is 12.4. The summed E-state index contributed by atoms with van der Waals surface area (Å²) in [6.07, 6.45) is 3.64. The molecule has 6 heteroatoms. The minimum atomic E-state index is -0.556. The van der Waals surface area contributed by atoms with Gasteiger partial charge in [-0.25, -0.2) is 5.48 Å². The number of nitrogens with zero attached hydrogens (tertiary/aromatic N) is 3. The van der Waals surface area contributed by atoms with E-state index in [0.717, 1.165) is 43.0 Å². The Hall–Kier alpha value is -3.38. The SMILES string of the molecule is O=C(NO)C(c1ccccc1)c1cccc(N2CCN(c3ccncc3)CC2)c1. The van der Waals surface area contributed by atoms with E-state index in [9.17, 15) is 10.0 Å². The molecular formula is C23H24N4O2. The average molecular weight is 388 g/mol. The molecule has 1 amide bonds. The van der Waals surface area contributed by atoms with E-state index < -0.39 is 11.8 Å². The Kier molecular flexibility index (Phi) is 5.72. The Balaban J connectivity index is 1.53. The summed E-state index contributed by atoms with van der Waals surface area (Å²) in [5, 5.41) is 9.26. The standard InChI is InChI=1S/C23H24N4O2/c28-23(25-29)22(18-5-2-1-3-6-18)19-7-4-8-21(17-19)27-15-13-26(14-16-27)20-9-11-24-12-10-20/h1-12,17,22,29H,13-16H2,(H,25,28). The Morgan fingerprint density at radius 2 is 1.45 bits per heavy atom. The van der Waals surface area contributed by atoms with Gasteiger partial charge in [-0.05, 0) is 35.4 Å². The van der Waals surface area contributed by atoms with Gasteiger partial charge in [0.2, 0.25) is 0 Å². The number of benzene rings is 2. The molecule has 0 aliphatic carbocycles. The van der Waals surface area contributed by atoms with Crippen LogP contribution < -0.4 is 15.3 Å². The minimum Gasteiger partial charge on any atom is -0.368 e. The van der Waals surface area contributed by atoms with E-state index in [-0.39, 0.29) is 0 Å². The molecular weight excluding hydrogens is 364 g/mol. The Morgan fingerprint density at radius 3 is 2.10 bits per heavy atom. The second-order valence-corrected chi connectivity index (χ2v) is 7.09. The van der Waals surface area contributed by atoms with Crippen LogP contribution in [0.3, 0.4) is 0 Å². The van der Waals surface area contributed by atoms with E-state index in [0.29, 0.717) is 0 Å². The van der Waals surface area contributed by atoms with Crippen LogP contribution in [0.5, 0.6) is 0 Å². The lowest BCUT2D eigenvalue weighted by atomic mass is 9.90. The lowest BCUT2D eigenvalue weighted by Gasteiger charge is -2.37. The summed E-state index contributed by atoms with van der Waals surface area (Å²) in [5.41, 5.74) is 5.80. The predicted molar refractivity (Wildman–Crippen MR) is 113 cm³/mol. The van der Waals surface area contributed by atoms with Crippen LogP contribution in [0.2, 0.25) is 0 Å². The summed E-state index contributed by atoms with van der Waals surface area (Å²) in [7, 11) is 0. The average Bonchev–Trinajstić information content (AvgIpc) is 2.81. The quantitative estimate of drug-likeness (QED) is 0.519. The largest absolute Gasteiger partial charge is 0.368 e. The molecule has 3 aromatic rings. The molecule has 1 fully saturated rings. The fourth-order valence-electron chi connectivity index (χ4n) is 3.88. The molecule has 0 radical (unpaired) electrons. The highest BCUT2D eigenvalue weighted by Crippen LogP contribution is 2.29. The molecule has 29 heavy (non-hydrogen) atoms. The molecule has 1 aliphatic rings. The first-order valence-electron chi connectivity index (χ1n) is 9.75. The fraction of sp³-hybridized carbons (Fsp3) is 0.217. The monoisotopic (exact) mass is 388 g/mol. The molecule has 0 bridgehead atoms. The molecule has 1 atom stereocenters. The van der Waals surface area contributed by atoms with E-state index in [1.165, 1.54) is 5.69 Å². The number of amides is 1. The van der Waals surface area contributed by atoms with Gasteiger partial charge in [0.15, 0.2) is 0 Å². The van der Waals surface area contributed by atoms with Gasteiger partial charge in [0, 0.05) is 49.9 Å². The molecule has 0 saturated carbocycles. The van der Waals surface area contributed by atoms with Gasteiger partial charge in [0.05, 0.1) is 5.92 Å². The van der Waals surface area contributed by atoms with Crippen molar-refractivity contribution >= 4 is 17.3 Å². The number of aromatic nitrogens is 1. The maximum Gasteiger partial charge on any atom is 0.255 e. The van der Waals surface area contributed by atoms with Crippen molar-refractivity contribution in [2.75, 3.05) is 36.0 Å². The molecule has 2 heterocycles. The molecule has 1 saturated heterocycles. The number of anilines is 2. The maximum atomic E-state index is 12.4. The fourth-order valence-corrected chi connectivity index (χ4v) is 3.88. The first kappa shape index (κ1) is 19.0. The van der Waals surface area contributed by atoms with Crippen molar-refractivity contribution < 1.29 is 10.0 Å². The molecule has 2 N–H and O–H groups in total. The highest BCUT2D eigenvalue weighted by atomic mass is 16.5. The summed E-state index contributed by atoms with van der Waals surface area (Å²) in [5.74, 6) is -0.991. The summed E-state index contributed by atoms with van der Waals surface area (Å²) >= 11 is 0. The molecule has 2 aromatic carbocycles. The van der Waals surface area contributed by atoms with Crippen LogP contribution in [0.15, 0.2) is 79.1 Å². The number of carbonyl (C=O) groups excluding carboxylic acids is 1. The summed E-state index contributed by atoms with van der Waals surface area (Å²) in [6, 6.07) is 21.6. The Morgan fingerprint density at radius 1 is 0.828 bits per heavy atom. The van der Waals surface area contributed by atoms with Crippen molar-refractivity contribution in [3.63, 3.8) is 0 Å². The smallest absolute Gasteiger partial charge is 0.255 e. The molecule has 1 unspecified atom stereocenters. The van der Waals surface area contributed by atoms with E-state index in [1.807, 2.05) is 72.5 Å². The van der Waals surface area contributed by atoms with Crippen molar-refractivity contribution in [2.24, 2.45) is 0 Å². The zero-order chi connectivity index (χ0) is 20.1. The van der Waals surface area contributed by atoms with Crippen LogP contribution in [-0.2, 0) is 4.79 Å². The number of hydroxylamine groups is 1. The predicted octanol–water partition coefficient (Wildman–Crippen LogP) is 3.05. The van der Waals surface area contributed by atoms with Crippen LogP contribution >= 0.6 is 0 Å². The first-order chi connectivity index (χ1) is 14.3. The van der Waals surface area contributed by atoms with Crippen LogP contribution in [0.4, 0.5) is 11.4 Å². The third-order valence-electron chi connectivity index (χ3n) is 5.38. The van der Waals surface area contributed by atoms with Gasteiger partial charge in [0.1, 0.15) is 0 Å². The van der Waals surface area contributed by atoms with E-state index in [4.69, 9.17) is 0 Å². The molecule has 6 nitrogen and oxygen atoms in total. The second-order valence-electron chi connectivity index (χ2n) is 7.09. The number of nitrogens with one attached hydrogen (secondary N) is 1. The third kappa shape index (κ3) is 4.22. The molecule has 1 aliphatic heterocycles. The van der Waals surface area contributed by atoms with Crippen molar-refractivity contribution in [3.05, 3.63) is 90.3 Å². The van der Waals surface area contributed by atoms with Gasteiger partial charge < -0.3 is 9.80 Å². The van der Waals surface area contributed by atoms with Gasteiger partial charge in [-0.2, -0.15) is 0 Å². The van der Waals surface area contributed by atoms with Gasteiger partial charge in [-0.1, -0.05) is 42.5 Å². The van der Waals surface area contributed by atoms with E-state index in [1.54, 1.807) is 0 Å². The van der Waals surface area contributed by atoms with Crippen molar-refractivity contribution in [1.29, 1.82) is 0 Å². The van der Waals surface area contributed by atoms with Gasteiger partial charge in [-0.15, -0.1) is 0 Å². The number of rotatable bonds is 5. The highest BCUT2D eigenvalue weighted by molar-refractivity contribution is 5.86. The van der Waals surface area contributed by atoms with Gasteiger partial charge >= 0.3 is 0 Å². The number of carbonyl (C=O) groups is 1. The van der Waals surface area contributed by atoms with Gasteiger partial charge in [0.25, 0.3) is 5.91 Å². The lowest BCUT2D eigenvalue weighted by molar-refractivity contribution is -0.129. The van der Waals surface area contributed by atoms with Crippen LogP contribution in [0, 0.1) is 0 Å². The van der Waals surface area contributed by atoms with Crippen molar-refractivity contribution in [3.8, 4) is 0 Å². The minimum absolute atomic E-state index is 0.434. The number of pyridine rings is 1. The first-order valence-corrected chi connectivity index (χ1v) is 9.75. The summed E-state index contributed by atoms with van der Waals surface area (Å²) in [4.78, 5) is 21.2.